The molecule has 4 nitrogen and oxygen atoms in total. The number of rotatable bonds is 4. The predicted molar refractivity (Wildman–Crippen MR) is 78.8 cm³/mol. The van der Waals surface area contributed by atoms with Gasteiger partial charge < -0.3 is 4.90 Å². The molecule has 1 aromatic rings. The van der Waals surface area contributed by atoms with Gasteiger partial charge >= 0.3 is 0 Å². The van der Waals surface area contributed by atoms with Crippen molar-refractivity contribution in [3.63, 3.8) is 0 Å². The number of halogens is 1. The summed E-state index contributed by atoms with van der Waals surface area (Å²) in [5.74, 6) is 1.40. The first-order valence-electron chi connectivity index (χ1n) is 7.27. The minimum absolute atomic E-state index is 0.259. The van der Waals surface area contributed by atoms with E-state index in [1.54, 1.807) is 0 Å². The summed E-state index contributed by atoms with van der Waals surface area (Å²) in [7, 11) is 0. The van der Waals surface area contributed by atoms with E-state index < -0.39 is 0 Å². The smallest absolute Gasteiger partial charge is 0.245 e. The monoisotopic (exact) mass is 282 g/mol. The summed E-state index contributed by atoms with van der Waals surface area (Å²) in [6.07, 6.45) is 4.05. The van der Waals surface area contributed by atoms with Gasteiger partial charge in [0.15, 0.2) is 0 Å². The Kier molecular flexibility index (Phi) is 4.97. The first kappa shape index (κ1) is 14.5. The average Bonchev–Trinajstić information content (AvgIpc) is 2.46. The van der Waals surface area contributed by atoms with Crippen molar-refractivity contribution in [2.24, 2.45) is 5.92 Å². The van der Waals surface area contributed by atoms with Gasteiger partial charge in [0.05, 0.1) is 11.4 Å². The first-order chi connectivity index (χ1) is 9.15. The molecule has 0 N–H and O–H groups in total. The summed E-state index contributed by atoms with van der Waals surface area (Å²) in [4.78, 5) is 6.91. The van der Waals surface area contributed by atoms with Crippen molar-refractivity contribution in [3.05, 3.63) is 11.4 Å². The quantitative estimate of drug-likeness (QED) is 0.797. The van der Waals surface area contributed by atoms with E-state index in [1.807, 2.05) is 0 Å². The number of aromatic nitrogens is 3. The second-order valence-corrected chi connectivity index (χ2v) is 5.90. The summed E-state index contributed by atoms with van der Waals surface area (Å²) >= 11 is 6.18. The number of alkyl halides is 1. The average molecular weight is 283 g/mol. The van der Waals surface area contributed by atoms with Crippen LogP contribution in [0.2, 0.25) is 0 Å². The molecule has 2 heterocycles. The van der Waals surface area contributed by atoms with Crippen molar-refractivity contribution in [2.45, 2.75) is 51.8 Å². The Morgan fingerprint density at radius 2 is 1.79 bits per heavy atom. The maximum atomic E-state index is 6.18. The number of aryl methyl sites for hydroxylation is 2. The fourth-order valence-electron chi connectivity index (χ4n) is 2.62. The lowest BCUT2D eigenvalue weighted by molar-refractivity contribution is 0.396. The van der Waals surface area contributed by atoms with E-state index in [4.69, 9.17) is 11.6 Å². The molecule has 0 radical (unpaired) electrons. The van der Waals surface area contributed by atoms with Gasteiger partial charge in [-0.3, -0.25) is 0 Å². The van der Waals surface area contributed by atoms with Gasteiger partial charge in [-0.1, -0.05) is 13.8 Å². The van der Waals surface area contributed by atoms with E-state index in [9.17, 15) is 0 Å². The van der Waals surface area contributed by atoms with E-state index >= 15 is 0 Å². The molecule has 0 bridgehead atoms. The minimum Gasteiger partial charge on any atom is -0.340 e. The molecular weight excluding hydrogens is 260 g/mol. The topological polar surface area (TPSA) is 41.9 Å². The number of anilines is 1. The third kappa shape index (κ3) is 3.35. The van der Waals surface area contributed by atoms with Crippen LogP contribution in [0.3, 0.4) is 0 Å². The maximum absolute atomic E-state index is 6.18. The van der Waals surface area contributed by atoms with Crippen molar-refractivity contribution < 1.29 is 0 Å². The lowest BCUT2D eigenvalue weighted by Gasteiger charge is -2.33. The molecule has 1 aliphatic heterocycles. The molecule has 1 atom stereocenters. The van der Waals surface area contributed by atoms with Crippen LogP contribution < -0.4 is 4.90 Å². The van der Waals surface area contributed by atoms with Crippen LogP contribution in [0.5, 0.6) is 0 Å². The van der Waals surface area contributed by atoms with E-state index in [1.165, 1.54) is 0 Å². The number of hydrogen-bond acceptors (Lipinski definition) is 4. The fraction of sp³-hybridized carbons (Fsp3) is 0.786. The molecule has 0 saturated carbocycles. The molecule has 2 rings (SSSR count). The molecule has 106 valence electrons. The zero-order valence-electron chi connectivity index (χ0n) is 12.1. The Balaban J connectivity index is 2.07. The van der Waals surface area contributed by atoms with Gasteiger partial charge in [-0.25, -0.2) is 4.98 Å². The van der Waals surface area contributed by atoms with Crippen LogP contribution in [0.15, 0.2) is 0 Å². The van der Waals surface area contributed by atoms with Crippen LogP contribution in [-0.2, 0) is 12.8 Å². The lowest BCUT2D eigenvalue weighted by atomic mass is 9.94. The molecule has 0 aromatic carbocycles. The Bertz CT molecular complexity index is 414. The van der Waals surface area contributed by atoms with Gasteiger partial charge in [0, 0.05) is 18.5 Å². The van der Waals surface area contributed by atoms with Gasteiger partial charge in [-0.2, -0.15) is 5.10 Å². The number of hydrogen-bond donors (Lipinski definition) is 0. The molecule has 1 aromatic heterocycles. The summed E-state index contributed by atoms with van der Waals surface area (Å²) in [6, 6.07) is 0. The molecule has 5 heteroatoms. The van der Waals surface area contributed by atoms with Crippen molar-refractivity contribution in [1.29, 1.82) is 0 Å². The molecule has 19 heavy (non-hydrogen) atoms. The third-order valence-electron chi connectivity index (χ3n) is 3.97. The highest BCUT2D eigenvalue weighted by atomic mass is 35.5. The van der Waals surface area contributed by atoms with Gasteiger partial charge in [0.1, 0.15) is 0 Å². The number of piperidine rings is 1. The second-order valence-electron chi connectivity index (χ2n) is 5.21. The van der Waals surface area contributed by atoms with E-state index in [0.29, 0.717) is 5.92 Å². The standard InChI is InChI=1S/C14H23ClN4/c1-4-12-13(5-2)17-18-14(16-12)19-8-6-11(7-9-19)10(3)15/h10-11H,4-9H2,1-3H3. The molecule has 1 fully saturated rings. The van der Waals surface area contributed by atoms with Gasteiger partial charge in [-0.05, 0) is 38.5 Å². The first-order valence-corrected chi connectivity index (χ1v) is 7.70. The zero-order valence-corrected chi connectivity index (χ0v) is 12.8. The van der Waals surface area contributed by atoms with Crippen molar-refractivity contribution in [2.75, 3.05) is 18.0 Å². The summed E-state index contributed by atoms with van der Waals surface area (Å²) in [6.45, 7) is 8.27. The van der Waals surface area contributed by atoms with Crippen molar-refractivity contribution in [3.8, 4) is 0 Å². The van der Waals surface area contributed by atoms with Gasteiger partial charge in [0.2, 0.25) is 5.95 Å². The predicted octanol–water partition coefficient (Wildman–Crippen LogP) is 2.84. The van der Waals surface area contributed by atoms with E-state index in [-0.39, 0.29) is 5.38 Å². The van der Waals surface area contributed by atoms with E-state index in [2.05, 4.69) is 40.9 Å². The lowest BCUT2D eigenvalue weighted by Crippen LogP contribution is -2.37. The molecule has 1 aliphatic rings. The molecule has 1 unspecified atom stereocenters. The van der Waals surface area contributed by atoms with E-state index in [0.717, 1.165) is 56.1 Å². The molecule has 0 spiro atoms. The van der Waals surface area contributed by atoms with Gasteiger partial charge in [-0.15, -0.1) is 16.7 Å². The van der Waals surface area contributed by atoms with Crippen LogP contribution in [0.1, 0.15) is 45.0 Å². The highest BCUT2D eigenvalue weighted by molar-refractivity contribution is 6.20. The molecule has 0 amide bonds. The Morgan fingerprint density at radius 1 is 1.16 bits per heavy atom. The molecule has 1 saturated heterocycles. The third-order valence-corrected chi connectivity index (χ3v) is 4.33. The Labute approximate surface area is 120 Å². The van der Waals surface area contributed by atoms with Gasteiger partial charge in [0.25, 0.3) is 0 Å². The fourth-order valence-corrected chi connectivity index (χ4v) is 2.87. The summed E-state index contributed by atoms with van der Waals surface area (Å²) < 4.78 is 0. The van der Waals surface area contributed by atoms with Crippen LogP contribution in [-0.4, -0.2) is 33.6 Å². The zero-order chi connectivity index (χ0) is 13.8. The van der Waals surface area contributed by atoms with Crippen LogP contribution in [0, 0.1) is 5.92 Å². The molecular formula is C14H23ClN4. The van der Waals surface area contributed by atoms with Crippen molar-refractivity contribution >= 4 is 17.5 Å². The maximum Gasteiger partial charge on any atom is 0.245 e. The number of nitrogens with zero attached hydrogens (tertiary/aromatic N) is 4. The Hall–Kier alpha value is -0.900. The Morgan fingerprint density at radius 3 is 2.32 bits per heavy atom. The van der Waals surface area contributed by atoms with Crippen LogP contribution >= 0.6 is 11.6 Å². The van der Waals surface area contributed by atoms with Crippen molar-refractivity contribution in [1.82, 2.24) is 15.2 Å². The summed E-state index contributed by atoms with van der Waals surface area (Å²) in [5.41, 5.74) is 2.11. The summed E-state index contributed by atoms with van der Waals surface area (Å²) in [5, 5.41) is 8.86. The minimum atomic E-state index is 0.259. The highest BCUT2D eigenvalue weighted by Gasteiger charge is 2.24. The second kappa shape index (κ2) is 6.51. The van der Waals surface area contributed by atoms with Crippen LogP contribution in [0.4, 0.5) is 5.95 Å². The largest absolute Gasteiger partial charge is 0.340 e. The molecule has 0 aliphatic carbocycles. The van der Waals surface area contributed by atoms with Crippen LogP contribution in [0.25, 0.3) is 0 Å². The SMILES string of the molecule is CCc1nnc(N2CCC(C(C)Cl)CC2)nc1CC. The normalized spacial score (nSPS) is 18.6. The highest BCUT2D eigenvalue weighted by Crippen LogP contribution is 2.25.